The van der Waals surface area contributed by atoms with Crippen LogP contribution in [-0.4, -0.2) is 25.0 Å². The molecule has 23 heavy (non-hydrogen) atoms. The molecule has 0 atom stereocenters. The van der Waals surface area contributed by atoms with Gasteiger partial charge in [0.1, 0.15) is 18.2 Å². The zero-order chi connectivity index (χ0) is 16.2. The van der Waals surface area contributed by atoms with E-state index in [9.17, 15) is 4.79 Å². The molecule has 1 saturated carbocycles. The Balaban J connectivity index is 1.55. The van der Waals surface area contributed by atoms with Gasteiger partial charge in [0.25, 0.3) is 0 Å². The molecule has 0 unspecified atom stereocenters. The number of carbonyl (C=O) groups is 1. The zero-order valence-electron chi connectivity index (χ0n) is 13.5. The lowest BCUT2D eigenvalue weighted by atomic mass is 10.3. The van der Waals surface area contributed by atoms with E-state index < -0.39 is 0 Å². The van der Waals surface area contributed by atoms with Gasteiger partial charge in [-0.1, -0.05) is 6.07 Å². The molecule has 0 saturated heterocycles. The molecule has 120 valence electrons. The fourth-order valence-electron chi connectivity index (χ4n) is 2.18. The minimum Gasteiger partial charge on any atom is -0.487 e. The fourth-order valence-corrected chi connectivity index (χ4v) is 2.18. The predicted molar refractivity (Wildman–Crippen MR) is 90.7 cm³/mol. The number of hydrogen-bond donors (Lipinski definition) is 1. The number of pyridine rings is 1. The number of carbonyl (C=O) groups excluding carboxylic acids is 1. The van der Waals surface area contributed by atoms with E-state index in [0.29, 0.717) is 6.61 Å². The van der Waals surface area contributed by atoms with Crippen LogP contribution in [0, 0.1) is 5.92 Å². The van der Waals surface area contributed by atoms with Crippen molar-refractivity contribution in [3.8, 4) is 5.75 Å². The number of nitrogens with zero attached hydrogens (tertiary/aromatic N) is 2. The van der Waals surface area contributed by atoms with Crippen molar-refractivity contribution in [2.45, 2.75) is 19.4 Å². The van der Waals surface area contributed by atoms with Crippen LogP contribution in [-0.2, 0) is 11.4 Å². The van der Waals surface area contributed by atoms with Gasteiger partial charge >= 0.3 is 0 Å². The summed E-state index contributed by atoms with van der Waals surface area (Å²) in [4.78, 5) is 18.2. The van der Waals surface area contributed by atoms with E-state index >= 15 is 0 Å². The first-order valence-electron chi connectivity index (χ1n) is 7.79. The maximum Gasteiger partial charge on any atom is 0.227 e. The van der Waals surface area contributed by atoms with E-state index in [4.69, 9.17) is 4.74 Å². The Kier molecular flexibility index (Phi) is 4.46. The Bertz CT molecular complexity index is 679. The van der Waals surface area contributed by atoms with Gasteiger partial charge in [0.2, 0.25) is 5.91 Å². The highest BCUT2D eigenvalue weighted by Crippen LogP contribution is 2.30. The molecule has 1 fully saturated rings. The summed E-state index contributed by atoms with van der Waals surface area (Å²) in [6, 6.07) is 13.3. The first kappa shape index (κ1) is 15.3. The number of benzene rings is 1. The molecule has 1 amide bonds. The molecule has 0 spiro atoms. The third kappa shape index (κ3) is 4.22. The number of aromatic nitrogens is 1. The molecule has 5 heteroatoms. The van der Waals surface area contributed by atoms with Crippen LogP contribution >= 0.6 is 0 Å². The van der Waals surface area contributed by atoms with Crippen LogP contribution in [0.5, 0.6) is 5.75 Å². The summed E-state index contributed by atoms with van der Waals surface area (Å²) in [5.74, 6) is 1.99. The average Bonchev–Trinajstić information content (AvgIpc) is 3.39. The van der Waals surface area contributed by atoms with Crippen molar-refractivity contribution in [3.63, 3.8) is 0 Å². The minimum absolute atomic E-state index is 0.114. The van der Waals surface area contributed by atoms with E-state index in [0.717, 1.165) is 35.8 Å². The van der Waals surface area contributed by atoms with Crippen LogP contribution in [0.4, 0.5) is 11.5 Å². The van der Waals surface area contributed by atoms with Crippen molar-refractivity contribution in [1.82, 2.24) is 4.98 Å². The highest BCUT2D eigenvalue weighted by Gasteiger charge is 2.29. The van der Waals surface area contributed by atoms with Crippen molar-refractivity contribution < 1.29 is 9.53 Å². The van der Waals surface area contributed by atoms with Crippen LogP contribution in [0.15, 0.2) is 42.5 Å². The van der Waals surface area contributed by atoms with Gasteiger partial charge in [0.15, 0.2) is 0 Å². The van der Waals surface area contributed by atoms with Crippen LogP contribution < -0.4 is 15.0 Å². The lowest BCUT2D eigenvalue weighted by Gasteiger charge is -2.13. The number of hydrogen-bond acceptors (Lipinski definition) is 4. The molecule has 1 aliphatic rings. The summed E-state index contributed by atoms with van der Waals surface area (Å²) in [5.41, 5.74) is 1.68. The van der Waals surface area contributed by atoms with Crippen molar-refractivity contribution >= 4 is 17.4 Å². The fraction of sp³-hybridized carbons (Fsp3) is 0.333. The lowest BCUT2D eigenvalue weighted by molar-refractivity contribution is -0.117. The second kappa shape index (κ2) is 6.69. The second-order valence-corrected chi connectivity index (χ2v) is 5.96. The minimum atomic E-state index is 0.114. The van der Waals surface area contributed by atoms with Crippen LogP contribution in [0.1, 0.15) is 18.5 Å². The smallest absolute Gasteiger partial charge is 0.227 e. The van der Waals surface area contributed by atoms with Crippen molar-refractivity contribution in [2.75, 3.05) is 24.3 Å². The monoisotopic (exact) mass is 311 g/mol. The van der Waals surface area contributed by atoms with Crippen molar-refractivity contribution in [2.24, 2.45) is 5.92 Å². The number of nitrogens with one attached hydrogen (secondary N) is 1. The summed E-state index contributed by atoms with van der Waals surface area (Å²) < 4.78 is 5.75. The SMILES string of the molecule is CN(C)c1cccc(COc2ccc(NC(=O)C3CC3)cc2)n1. The lowest BCUT2D eigenvalue weighted by Crippen LogP contribution is -2.13. The normalized spacial score (nSPS) is 13.5. The summed E-state index contributed by atoms with van der Waals surface area (Å²) in [5, 5.41) is 2.91. The maximum atomic E-state index is 11.7. The van der Waals surface area contributed by atoms with Crippen molar-refractivity contribution in [3.05, 3.63) is 48.2 Å². The molecular weight excluding hydrogens is 290 g/mol. The second-order valence-electron chi connectivity index (χ2n) is 5.96. The molecule has 1 aromatic heterocycles. The molecule has 3 rings (SSSR count). The Morgan fingerprint density at radius 1 is 1.22 bits per heavy atom. The highest BCUT2D eigenvalue weighted by atomic mass is 16.5. The molecule has 1 N–H and O–H groups in total. The Morgan fingerprint density at radius 3 is 2.61 bits per heavy atom. The topological polar surface area (TPSA) is 54.5 Å². The third-order valence-electron chi connectivity index (χ3n) is 3.71. The Labute approximate surface area is 136 Å². The van der Waals surface area contributed by atoms with Crippen LogP contribution in [0.2, 0.25) is 0 Å². The van der Waals surface area contributed by atoms with Gasteiger partial charge in [-0.25, -0.2) is 4.98 Å². The molecule has 1 aliphatic carbocycles. The van der Waals surface area contributed by atoms with Gasteiger partial charge in [-0.15, -0.1) is 0 Å². The number of anilines is 2. The van der Waals surface area contributed by atoms with Gasteiger partial charge in [-0.2, -0.15) is 0 Å². The molecule has 2 aromatic rings. The summed E-state index contributed by atoms with van der Waals surface area (Å²) >= 11 is 0. The van der Waals surface area contributed by atoms with Gasteiger partial charge in [-0.05, 0) is 49.2 Å². The number of ether oxygens (including phenoxy) is 1. The molecule has 0 aliphatic heterocycles. The first-order valence-corrected chi connectivity index (χ1v) is 7.79. The molecule has 5 nitrogen and oxygen atoms in total. The zero-order valence-corrected chi connectivity index (χ0v) is 13.5. The number of rotatable bonds is 6. The molecular formula is C18H21N3O2. The summed E-state index contributed by atoms with van der Waals surface area (Å²) in [7, 11) is 3.92. The van der Waals surface area contributed by atoms with Crippen LogP contribution in [0.3, 0.4) is 0 Å². The molecule has 1 aromatic carbocycles. The van der Waals surface area contributed by atoms with E-state index in [1.807, 2.05) is 61.5 Å². The average molecular weight is 311 g/mol. The molecule has 0 radical (unpaired) electrons. The Hall–Kier alpha value is -2.56. The molecule has 0 bridgehead atoms. The predicted octanol–water partition coefficient (Wildman–Crippen LogP) is 3.08. The van der Waals surface area contributed by atoms with Crippen LogP contribution in [0.25, 0.3) is 0 Å². The maximum absolute atomic E-state index is 11.7. The van der Waals surface area contributed by atoms with Gasteiger partial charge in [0, 0.05) is 25.7 Å². The van der Waals surface area contributed by atoms with Gasteiger partial charge in [0.05, 0.1) is 5.69 Å². The van der Waals surface area contributed by atoms with E-state index in [-0.39, 0.29) is 11.8 Å². The molecule has 1 heterocycles. The first-order chi connectivity index (χ1) is 11.1. The summed E-state index contributed by atoms with van der Waals surface area (Å²) in [6.45, 7) is 0.412. The van der Waals surface area contributed by atoms with E-state index in [1.165, 1.54) is 0 Å². The standard InChI is InChI=1S/C18H21N3O2/c1-21(2)17-5-3-4-15(19-17)12-23-16-10-8-14(9-11-16)20-18(22)13-6-7-13/h3-5,8-11,13H,6-7,12H2,1-2H3,(H,20,22). The quantitative estimate of drug-likeness (QED) is 0.891. The largest absolute Gasteiger partial charge is 0.487 e. The number of amides is 1. The summed E-state index contributed by atoms with van der Waals surface area (Å²) in [6.07, 6.45) is 2.01. The van der Waals surface area contributed by atoms with Gasteiger partial charge in [-0.3, -0.25) is 4.79 Å². The van der Waals surface area contributed by atoms with Crippen molar-refractivity contribution in [1.29, 1.82) is 0 Å². The highest BCUT2D eigenvalue weighted by molar-refractivity contribution is 5.94. The van der Waals surface area contributed by atoms with E-state index in [1.54, 1.807) is 0 Å². The Morgan fingerprint density at radius 2 is 1.96 bits per heavy atom. The van der Waals surface area contributed by atoms with Gasteiger partial charge < -0.3 is 15.0 Å². The van der Waals surface area contributed by atoms with E-state index in [2.05, 4.69) is 10.3 Å². The third-order valence-corrected chi connectivity index (χ3v) is 3.71.